The fourth-order valence-corrected chi connectivity index (χ4v) is 2.15. The van der Waals surface area contributed by atoms with Gasteiger partial charge in [-0.3, -0.25) is 9.48 Å². The molecule has 0 spiro atoms. The smallest absolute Gasteiger partial charge is 0.224 e. The molecule has 1 heterocycles. The quantitative estimate of drug-likeness (QED) is 0.846. The molecular weight excluding hydrogens is 308 g/mol. The summed E-state index contributed by atoms with van der Waals surface area (Å²) in [5.74, 6) is 0.832. The van der Waals surface area contributed by atoms with Crippen LogP contribution in [0.4, 0.5) is 5.69 Å². The van der Waals surface area contributed by atoms with Gasteiger partial charge in [0, 0.05) is 25.1 Å². The SMILES string of the molecule is COc1cc(NC(=O)CCCn2cncn2)c(OC)cc1Cl. The molecule has 0 fully saturated rings. The lowest BCUT2D eigenvalue weighted by atomic mass is 10.2. The molecule has 1 N–H and O–H groups in total. The molecule has 1 aromatic heterocycles. The van der Waals surface area contributed by atoms with Crippen LogP contribution in [0.5, 0.6) is 11.5 Å². The minimum Gasteiger partial charge on any atom is -0.495 e. The Balaban J connectivity index is 1.95. The fraction of sp³-hybridized carbons (Fsp3) is 0.357. The number of nitrogens with zero attached hydrogens (tertiary/aromatic N) is 3. The van der Waals surface area contributed by atoms with Gasteiger partial charge < -0.3 is 14.8 Å². The van der Waals surface area contributed by atoms with Crippen LogP contribution < -0.4 is 14.8 Å². The zero-order valence-corrected chi connectivity index (χ0v) is 13.1. The van der Waals surface area contributed by atoms with Crippen molar-refractivity contribution in [3.05, 3.63) is 29.8 Å². The van der Waals surface area contributed by atoms with E-state index in [1.165, 1.54) is 20.5 Å². The van der Waals surface area contributed by atoms with Gasteiger partial charge in [0.05, 0.1) is 24.9 Å². The number of ether oxygens (including phenoxy) is 2. The van der Waals surface area contributed by atoms with Gasteiger partial charge in [-0.05, 0) is 6.42 Å². The number of halogens is 1. The van der Waals surface area contributed by atoms with E-state index in [2.05, 4.69) is 15.4 Å². The van der Waals surface area contributed by atoms with Crippen LogP contribution in [0.25, 0.3) is 0 Å². The second-order valence-corrected chi connectivity index (χ2v) is 4.90. The zero-order chi connectivity index (χ0) is 15.9. The van der Waals surface area contributed by atoms with E-state index >= 15 is 0 Å². The number of anilines is 1. The van der Waals surface area contributed by atoms with Crippen molar-refractivity contribution in [2.75, 3.05) is 19.5 Å². The third-order valence-electron chi connectivity index (χ3n) is 3.01. The Morgan fingerprint density at radius 3 is 2.73 bits per heavy atom. The Morgan fingerprint density at radius 1 is 1.32 bits per heavy atom. The van der Waals surface area contributed by atoms with Crippen molar-refractivity contribution in [1.29, 1.82) is 0 Å². The predicted octanol–water partition coefficient (Wildman–Crippen LogP) is 2.37. The van der Waals surface area contributed by atoms with Gasteiger partial charge in [0.15, 0.2) is 0 Å². The van der Waals surface area contributed by atoms with Crippen molar-refractivity contribution in [1.82, 2.24) is 14.8 Å². The third-order valence-corrected chi connectivity index (χ3v) is 3.30. The summed E-state index contributed by atoms with van der Waals surface area (Å²) in [5.41, 5.74) is 0.523. The maximum Gasteiger partial charge on any atom is 0.224 e. The van der Waals surface area contributed by atoms with Crippen LogP contribution in [0, 0.1) is 0 Å². The van der Waals surface area contributed by atoms with Gasteiger partial charge in [-0.25, -0.2) is 4.98 Å². The zero-order valence-electron chi connectivity index (χ0n) is 12.4. The monoisotopic (exact) mass is 324 g/mol. The topological polar surface area (TPSA) is 78.3 Å². The molecular formula is C14H17ClN4O3. The van der Waals surface area contributed by atoms with E-state index in [-0.39, 0.29) is 5.91 Å². The van der Waals surface area contributed by atoms with Crippen LogP contribution in [0.1, 0.15) is 12.8 Å². The minimum absolute atomic E-state index is 0.122. The molecule has 0 unspecified atom stereocenters. The van der Waals surface area contributed by atoms with E-state index in [0.717, 1.165) is 0 Å². The van der Waals surface area contributed by atoms with E-state index in [1.54, 1.807) is 23.1 Å². The lowest BCUT2D eigenvalue weighted by molar-refractivity contribution is -0.116. The molecule has 22 heavy (non-hydrogen) atoms. The third kappa shape index (κ3) is 4.11. The van der Waals surface area contributed by atoms with E-state index in [0.29, 0.717) is 41.6 Å². The van der Waals surface area contributed by atoms with Crippen molar-refractivity contribution in [2.45, 2.75) is 19.4 Å². The first-order chi connectivity index (χ1) is 10.6. The molecule has 0 aliphatic rings. The van der Waals surface area contributed by atoms with Gasteiger partial charge in [-0.1, -0.05) is 11.6 Å². The number of carbonyl (C=O) groups is 1. The average molecular weight is 325 g/mol. The van der Waals surface area contributed by atoms with Gasteiger partial charge >= 0.3 is 0 Å². The van der Waals surface area contributed by atoms with Crippen LogP contribution in [0.15, 0.2) is 24.8 Å². The number of rotatable bonds is 7. The van der Waals surface area contributed by atoms with Gasteiger partial charge in [0.25, 0.3) is 0 Å². The Bertz CT molecular complexity index is 631. The summed E-state index contributed by atoms with van der Waals surface area (Å²) in [6.07, 6.45) is 4.09. The number of hydrogen-bond acceptors (Lipinski definition) is 5. The molecule has 8 heteroatoms. The number of amides is 1. The van der Waals surface area contributed by atoms with Gasteiger partial charge in [-0.2, -0.15) is 5.10 Å². The van der Waals surface area contributed by atoms with Crippen LogP contribution in [0.3, 0.4) is 0 Å². The number of carbonyl (C=O) groups excluding carboxylic acids is 1. The minimum atomic E-state index is -0.122. The first-order valence-electron chi connectivity index (χ1n) is 6.68. The molecule has 2 rings (SSSR count). The molecule has 0 aliphatic heterocycles. The Morgan fingerprint density at radius 2 is 2.09 bits per heavy atom. The lowest BCUT2D eigenvalue weighted by Gasteiger charge is -2.13. The summed E-state index contributed by atoms with van der Waals surface area (Å²) in [4.78, 5) is 15.9. The lowest BCUT2D eigenvalue weighted by Crippen LogP contribution is -2.13. The molecule has 118 valence electrons. The van der Waals surface area contributed by atoms with Crippen molar-refractivity contribution >= 4 is 23.2 Å². The highest BCUT2D eigenvalue weighted by atomic mass is 35.5. The van der Waals surface area contributed by atoms with Crippen LogP contribution >= 0.6 is 11.6 Å². The highest BCUT2D eigenvalue weighted by Crippen LogP contribution is 2.35. The van der Waals surface area contributed by atoms with E-state index < -0.39 is 0 Å². The number of nitrogens with one attached hydrogen (secondary N) is 1. The van der Waals surface area contributed by atoms with Crippen LogP contribution in [-0.4, -0.2) is 34.9 Å². The summed E-state index contributed by atoms with van der Waals surface area (Å²) in [6, 6.07) is 3.24. The first-order valence-corrected chi connectivity index (χ1v) is 7.05. The number of benzene rings is 1. The largest absolute Gasteiger partial charge is 0.495 e. The van der Waals surface area contributed by atoms with Gasteiger partial charge in [0.2, 0.25) is 5.91 Å². The second-order valence-electron chi connectivity index (χ2n) is 4.50. The molecule has 0 bridgehead atoms. The molecule has 1 aromatic carbocycles. The molecule has 1 amide bonds. The number of methoxy groups -OCH3 is 2. The molecule has 0 atom stereocenters. The Labute approximate surface area is 133 Å². The Hall–Kier alpha value is -2.28. The molecule has 7 nitrogen and oxygen atoms in total. The van der Waals surface area contributed by atoms with E-state index in [4.69, 9.17) is 21.1 Å². The van der Waals surface area contributed by atoms with Gasteiger partial charge in [0.1, 0.15) is 24.2 Å². The molecule has 2 aromatic rings. The highest BCUT2D eigenvalue weighted by molar-refractivity contribution is 6.32. The van der Waals surface area contributed by atoms with Crippen molar-refractivity contribution < 1.29 is 14.3 Å². The maximum absolute atomic E-state index is 12.0. The van der Waals surface area contributed by atoms with E-state index in [1.807, 2.05) is 0 Å². The number of aromatic nitrogens is 3. The summed E-state index contributed by atoms with van der Waals surface area (Å²) >= 11 is 6.02. The van der Waals surface area contributed by atoms with Crippen LogP contribution in [0.2, 0.25) is 5.02 Å². The number of hydrogen-bond donors (Lipinski definition) is 1. The maximum atomic E-state index is 12.0. The average Bonchev–Trinajstić information content (AvgIpc) is 3.01. The second kappa shape index (κ2) is 7.65. The first kappa shape index (κ1) is 16.1. The normalized spacial score (nSPS) is 10.3. The summed E-state index contributed by atoms with van der Waals surface area (Å²) < 4.78 is 12.0. The van der Waals surface area contributed by atoms with E-state index in [9.17, 15) is 4.79 Å². The Kier molecular flexibility index (Phi) is 5.60. The summed E-state index contributed by atoms with van der Waals surface area (Å²) in [6.45, 7) is 0.633. The molecule has 0 aliphatic carbocycles. The highest BCUT2D eigenvalue weighted by Gasteiger charge is 2.12. The van der Waals surface area contributed by atoms with Crippen molar-refractivity contribution in [3.63, 3.8) is 0 Å². The molecule has 0 saturated heterocycles. The number of aryl methyl sites for hydroxylation is 1. The summed E-state index contributed by atoms with van der Waals surface area (Å²) in [7, 11) is 3.02. The van der Waals surface area contributed by atoms with Gasteiger partial charge in [-0.15, -0.1) is 0 Å². The summed E-state index contributed by atoms with van der Waals surface area (Å²) in [5, 5.41) is 7.20. The fourth-order valence-electron chi connectivity index (χ4n) is 1.92. The standard InChI is InChI=1S/C14H17ClN4O3/c1-21-12-7-11(13(22-2)6-10(12)15)18-14(20)4-3-5-19-9-16-8-17-19/h6-9H,3-5H2,1-2H3,(H,18,20). The molecule has 0 saturated carbocycles. The van der Waals surface area contributed by atoms with Crippen LogP contribution in [-0.2, 0) is 11.3 Å². The molecule has 0 radical (unpaired) electrons. The predicted molar refractivity (Wildman–Crippen MR) is 82.4 cm³/mol. The van der Waals surface area contributed by atoms with Crippen molar-refractivity contribution in [2.24, 2.45) is 0 Å². The van der Waals surface area contributed by atoms with Crippen molar-refractivity contribution in [3.8, 4) is 11.5 Å².